The van der Waals surface area contributed by atoms with Crippen LogP contribution in [0.25, 0.3) is 0 Å². The van der Waals surface area contributed by atoms with E-state index < -0.39 is 5.97 Å². The summed E-state index contributed by atoms with van der Waals surface area (Å²) in [6.07, 6.45) is 13.9. The minimum Gasteiger partial charge on any atom is -0.550 e. The van der Waals surface area contributed by atoms with Crippen LogP contribution in [-0.4, -0.2) is 30.1 Å². The summed E-state index contributed by atoms with van der Waals surface area (Å²) in [5, 5.41) is 9.76. The molecule has 0 unspecified atom stereocenters. The van der Waals surface area contributed by atoms with E-state index in [9.17, 15) is 9.90 Å². The standard InChI is InChI=1S/C21H38N.C6H12O2/c1-4-7-10-14-19-22(17-8-5-2,18-9-6-3)20-21-15-12-11-13-16-21;1-2-3-4-5-6(7)8/h11-13,15-16H,4-10,14,17-20H2,1-3H3;2-5H2,1H3,(H,7,8)/q+1;/p-1. The fourth-order valence-corrected chi connectivity index (χ4v) is 3.92. The molecule has 30 heavy (non-hydrogen) atoms. The van der Waals surface area contributed by atoms with Gasteiger partial charge in [-0.2, -0.15) is 0 Å². The van der Waals surface area contributed by atoms with Gasteiger partial charge in [0, 0.05) is 11.5 Å². The average Bonchev–Trinajstić information content (AvgIpc) is 2.75. The van der Waals surface area contributed by atoms with Crippen LogP contribution in [0.5, 0.6) is 0 Å². The van der Waals surface area contributed by atoms with Gasteiger partial charge >= 0.3 is 0 Å². The highest BCUT2D eigenvalue weighted by molar-refractivity contribution is 5.63. The molecule has 0 fully saturated rings. The third-order valence-corrected chi connectivity index (χ3v) is 5.80. The van der Waals surface area contributed by atoms with Crippen LogP contribution in [-0.2, 0) is 11.3 Å². The van der Waals surface area contributed by atoms with Gasteiger partial charge in [-0.15, -0.1) is 0 Å². The first-order valence-corrected chi connectivity index (χ1v) is 12.6. The topological polar surface area (TPSA) is 40.1 Å². The SMILES string of the molecule is CCCCCC(=O)[O-].CCCCCC[N+](CCCC)(CCCC)Cc1ccccc1. The van der Waals surface area contributed by atoms with Gasteiger partial charge in [0.25, 0.3) is 0 Å². The summed E-state index contributed by atoms with van der Waals surface area (Å²) < 4.78 is 1.31. The van der Waals surface area contributed by atoms with E-state index in [2.05, 4.69) is 51.1 Å². The van der Waals surface area contributed by atoms with Crippen molar-refractivity contribution in [2.75, 3.05) is 19.6 Å². The first-order chi connectivity index (χ1) is 14.5. The van der Waals surface area contributed by atoms with Crippen molar-refractivity contribution in [1.29, 1.82) is 0 Å². The van der Waals surface area contributed by atoms with Gasteiger partial charge in [-0.05, 0) is 38.5 Å². The molecule has 0 heterocycles. The van der Waals surface area contributed by atoms with Gasteiger partial charge in [0.05, 0.1) is 19.6 Å². The number of nitrogens with zero attached hydrogens (tertiary/aromatic N) is 1. The number of unbranched alkanes of at least 4 members (excludes halogenated alkanes) is 7. The number of quaternary nitrogens is 1. The van der Waals surface area contributed by atoms with E-state index in [0.717, 1.165) is 19.3 Å². The Labute approximate surface area is 187 Å². The van der Waals surface area contributed by atoms with Gasteiger partial charge in [-0.1, -0.05) is 96.6 Å². The maximum Gasteiger partial charge on any atom is 0.104 e. The summed E-state index contributed by atoms with van der Waals surface area (Å²) in [4.78, 5) is 9.76. The van der Waals surface area contributed by atoms with E-state index in [1.165, 1.54) is 87.6 Å². The Kier molecular flexibility index (Phi) is 18.7. The number of carbonyl (C=O) groups excluding carboxylic acids is 1. The van der Waals surface area contributed by atoms with Crippen molar-refractivity contribution in [3.63, 3.8) is 0 Å². The molecule has 0 spiro atoms. The number of hydrogen-bond acceptors (Lipinski definition) is 2. The molecule has 0 radical (unpaired) electrons. The van der Waals surface area contributed by atoms with Crippen LogP contribution in [0, 0.1) is 0 Å². The van der Waals surface area contributed by atoms with Gasteiger partial charge in [0.1, 0.15) is 6.54 Å². The lowest BCUT2D eigenvalue weighted by Crippen LogP contribution is -2.49. The van der Waals surface area contributed by atoms with E-state index in [-0.39, 0.29) is 6.42 Å². The van der Waals surface area contributed by atoms with E-state index in [0.29, 0.717) is 0 Å². The van der Waals surface area contributed by atoms with Crippen LogP contribution in [0.15, 0.2) is 30.3 Å². The summed E-state index contributed by atoms with van der Waals surface area (Å²) in [6, 6.07) is 11.2. The third-order valence-electron chi connectivity index (χ3n) is 5.80. The second kappa shape index (κ2) is 19.6. The molecule has 3 heteroatoms. The second-order valence-electron chi connectivity index (χ2n) is 8.75. The molecule has 0 bridgehead atoms. The van der Waals surface area contributed by atoms with Gasteiger partial charge in [0.15, 0.2) is 0 Å². The molecule has 0 saturated carbocycles. The van der Waals surface area contributed by atoms with Crippen LogP contribution < -0.4 is 5.11 Å². The highest BCUT2D eigenvalue weighted by atomic mass is 16.4. The monoisotopic (exact) mass is 419 g/mol. The van der Waals surface area contributed by atoms with Crippen molar-refractivity contribution in [3.05, 3.63) is 35.9 Å². The van der Waals surface area contributed by atoms with Crippen LogP contribution in [0.1, 0.15) is 110 Å². The van der Waals surface area contributed by atoms with Crippen molar-refractivity contribution < 1.29 is 14.4 Å². The van der Waals surface area contributed by atoms with Gasteiger partial charge in [0.2, 0.25) is 0 Å². The van der Waals surface area contributed by atoms with Crippen molar-refractivity contribution in [2.24, 2.45) is 0 Å². The Morgan fingerprint density at radius 3 is 1.70 bits per heavy atom. The molecule has 0 amide bonds. The third kappa shape index (κ3) is 15.5. The molecular weight excluding hydrogens is 370 g/mol. The first kappa shape index (κ1) is 28.6. The summed E-state index contributed by atoms with van der Waals surface area (Å²) in [6.45, 7) is 14.3. The minimum absolute atomic E-state index is 0.216. The Hall–Kier alpha value is -1.35. The molecule has 1 rings (SSSR count). The fraction of sp³-hybridized carbons (Fsp3) is 0.741. The maximum absolute atomic E-state index is 9.76. The Morgan fingerprint density at radius 2 is 1.20 bits per heavy atom. The van der Waals surface area contributed by atoms with E-state index in [4.69, 9.17) is 0 Å². The number of carboxylic acids is 1. The molecule has 1 aromatic carbocycles. The predicted molar refractivity (Wildman–Crippen MR) is 128 cm³/mol. The zero-order chi connectivity index (χ0) is 22.5. The zero-order valence-corrected chi connectivity index (χ0v) is 20.5. The zero-order valence-electron chi connectivity index (χ0n) is 20.5. The van der Waals surface area contributed by atoms with Crippen molar-refractivity contribution >= 4 is 5.97 Å². The molecule has 0 saturated heterocycles. The molecule has 0 aliphatic carbocycles. The Morgan fingerprint density at radius 1 is 0.700 bits per heavy atom. The fourth-order valence-electron chi connectivity index (χ4n) is 3.92. The number of carboxylic acid groups (broad SMARTS) is 1. The normalized spacial score (nSPS) is 11.1. The molecule has 174 valence electrons. The van der Waals surface area contributed by atoms with Crippen LogP contribution in [0.4, 0.5) is 0 Å². The quantitative estimate of drug-likeness (QED) is 0.213. The molecule has 1 aromatic rings. The second-order valence-corrected chi connectivity index (χ2v) is 8.75. The average molecular weight is 420 g/mol. The van der Waals surface area contributed by atoms with Crippen molar-refractivity contribution in [2.45, 2.75) is 111 Å². The molecule has 0 atom stereocenters. The largest absolute Gasteiger partial charge is 0.550 e. The lowest BCUT2D eigenvalue weighted by Gasteiger charge is -2.39. The van der Waals surface area contributed by atoms with Crippen LogP contribution in [0.2, 0.25) is 0 Å². The molecular formula is C27H49NO2. The van der Waals surface area contributed by atoms with E-state index in [1.807, 2.05) is 6.92 Å². The van der Waals surface area contributed by atoms with Crippen molar-refractivity contribution in [3.8, 4) is 0 Å². The summed E-state index contributed by atoms with van der Waals surface area (Å²) in [5.74, 6) is -0.932. The number of rotatable bonds is 17. The molecule has 0 aliphatic rings. The van der Waals surface area contributed by atoms with Gasteiger partial charge in [-0.25, -0.2) is 0 Å². The van der Waals surface area contributed by atoms with Crippen molar-refractivity contribution in [1.82, 2.24) is 0 Å². The van der Waals surface area contributed by atoms with Crippen LogP contribution >= 0.6 is 0 Å². The summed E-state index contributed by atoms with van der Waals surface area (Å²) >= 11 is 0. The predicted octanol–water partition coefficient (Wildman–Crippen LogP) is 6.50. The highest BCUT2D eigenvalue weighted by Crippen LogP contribution is 2.20. The molecule has 3 nitrogen and oxygen atoms in total. The Bertz CT molecular complexity index is 493. The van der Waals surface area contributed by atoms with E-state index >= 15 is 0 Å². The first-order valence-electron chi connectivity index (χ1n) is 12.6. The van der Waals surface area contributed by atoms with Gasteiger partial charge < -0.3 is 14.4 Å². The number of aliphatic carboxylic acids is 1. The summed E-state index contributed by atoms with van der Waals surface area (Å²) in [7, 11) is 0. The van der Waals surface area contributed by atoms with Gasteiger partial charge in [-0.3, -0.25) is 0 Å². The highest BCUT2D eigenvalue weighted by Gasteiger charge is 2.26. The number of carbonyl (C=O) groups is 1. The number of benzene rings is 1. The van der Waals surface area contributed by atoms with E-state index in [1.54, 1.807) is 0 Å². The lowest BCUT2D eigenvalue weighted by atomic mass is 10.1. The smallest absolute Gasteiger partial charge is 0.104 e. The Balaban J connectivity index is 0.000000890. The molecule has 0 N–H and O–H groups in total. The summed E-state index contributed by atoms with van der Waals surface area (Å²) in [5.41, 5.74) is 1.52. The minimum atomic E-state index is -0.932. The lowest BCUT2D eigenvalue weighted by molar-refractivity contribution is -0.941. The number of hydrogen-bond donors (Lipinski definition) is 0. The molecule has 0 aliphatic heterocycles. The van der Waals surface area contributed by atoms with Crippen LogP contribution in [0.3, 0.4) is 0 Å². The maximum atomic E-state index is 9.76. The molecule has 0 aromatic heterocycles.